The smallest absolute Gasteiger partial charge is 0.220 e. The van der Waals surface area contributed by atoms with Crippen LogP contribution in [0.2, 0.25) is 0 Å². The average Bonchev–Trinajstić information content (AvgIpc) is 2.88. The molecule has 0 radical (unpaired) electrons. The zero-order valence-corrected chi connectivity index (χ0v) is 10.8. The molecule has 0 atom stereocenters. The molecule has 2 N–H and O–H groups in total. The minimum atomic E-state index is 0.150. The second kappa shape index (κ2) is 6.71. The Balaban J connectivity index is 1.60. The Morgan fingerprint density at radius 3 is 3.06 bits per heavy atom. The highest BCUT2D eigenvalue weighted by Gasteiger charge is 2.14. The number of aromatic nitrogens is 1. The van der Waals surface area contributed by atoms with E-state index >= 15 is 0 Å². The van der Waals surface area contributed by atoms with Gasteiger partial charge in [-0.2, -0.15) is 0 Å². The van der Waals surface area contributed by atoms with Gasteiger partial charge in [-0.1, -0.05) is 0 Å². The van der Waals surface area contributed by atoms with Crippen LogP contribution in [-0.2, 0) is 11.3 Å². The number of carbonyl (C=O) groups is 1. The van der Waals surface area contributed by atoms with Crippen molar-refractivity contribution >= 4 is 17.2 Å². The highest BCUT2D eigenvalue weighted by molar-refractivity contribution is 7.07. The van der Waals surface area contributed by atoms with Crippen LogP contribution in [0.4, 0.5) is 0 Å². The lowest BCUT2D eigenvalue weighted by Gasteiger charge is -2.22. The molecule has 1 aliphatic rings. The molecule has 2 heterocycles. The van der Waals surface area contributed by atoms with Crippen molar-refractivity contribution in [1.82, 2.24) is 15.6 Å². The number of hydrogen-bond donors (Lipinski definition) is 2. The van der Waals surface area contributed by atoms with E-state index in [0.717, 1.165) is 31.1 Å². The molecule has 1 aliphatic heterocycles. The zero-order chi connectivity index (χ0) is 11.9. The molecular formula is C12H19N3OS. The fraction of sp³-hybridized carbons (Fsp3) is 0.667. The first kappa shape index (κ1) is 12.5. The van der Waals surface area contributed by atoms with Crippen molar-refractivity contribution in [2.45, 2.75) is 32.2 Å². The lowest BCUT2D eigenvalue weighted by atomic mass is 9.93. The van der Waals surface area contributed by atoms with Gasteiger partial charge in [0, 0.05) is 11.8 Å². The summed E-state index contributed by atoms with van der Waals surface area (Å²) in [4.78, 5) is 15.8. The summed E-state index contributed by atoms with van der Waals surface area (Å²) in [6.45, 7) is 2.77. The van der Waals surface area contributed by atoms with Crippen molar-refractivity contribution in [1.29, 1.82) is 0 Å². The van der Waals surface area contributed by atoms with E-state index in [-0.39, 0.29) is 5.91 Å². The maximum atomic E-state index is 11.6. The quantitative estimate of drug-likeness (QED) is 0.837. The Labute approximate surface area is 106 Å². The number of carbonyl (C=O) groups excluding carboxylic acids is 1. The van der Waals surface area contributed by atoms with Gasteiger partial charge in [0.05, 0.1) is 17.7 Å². The van der Waals surface area contributed by atoms with Gasteiger partial charge in [-0.3, -0.25) is 4.79 Å². The van der Waals surface area contributed by atoms with Gasteiger partial charge in [-0.05, 0) is 38.3 Å². The lowest BCUT2D eigenvalue weighted by molar-refractivity contribution is -0.121. The van der Waals surface area contributed by atoms with Crippen molar-refractivity contribution in [2.75, 3.05) is 13.1 Å². The summed E-state index contributed by atoms with van der Waals surface area (Å²) in [6.07, 6.45) is 4.08. The van der Waals surface area contributed by atoms with Crippen molar-refractivity contribution in [3.05, 3.63) is 16.6 Å². The van der Waals surface area contributed by atoms with Gasteiger partial charge in [-0.25, -0.2) is 4.98 Å². The largest absolute Gasteiger partial charge is 0.350 e. The standard InChI is InChI=1S/C12H19N3OS/c16-12(14-7-11-8-17-9-15-11)2-1-10-3-5-13-6-4-10/h8-10,13H,1-7H2,(H,14,16). The van der Waals surface area contributed by atoms with E-state index in [1.54, 1.807) is 16.8 Å². The van der Waals surface area contributed by atoms with E-state index in [2.05, 4.69) is 15.6 Å². The lowest BCUT2D eigenvalue weighted by Crippen LogP contribution is -2.29. The van der Waals surface area contributed by atoms with Gasteiger partial charge >= 0.3 is 0 Å². The van der Waals surface area contributed by atoms with Crippen molar-refractivity contribution in [2.24, 2.45) is 5.92 Å². The maximum Gasteiger partial charge on any atom is 0.220 e. The molecule has 1 saturated heterocycles. The second-order valence-corrected chi connectivity index (χ2v) is 5.21. The van der Waals surface area contributed by atoms with Crippen LogP contribution in [-0.4, -0.2) is 24.0 Å². The minimum Gasteiger partial charge on any atom is -0.350 e. The van der Waals surface area contributed by atoms with Crippen molar-refractivity contribution < 1.29 is 4.79 Å². The Morgan fingerprint density at radius 2 is 2.35 bits per heavy atom. The normalized spacial score (nSPS) is 16.9. The summed E-state index contributed by atoms with van der Waals surface area (Å²) in [7, 11) is 0. The highest BCUT2D eigenvalue weighted by atomic mass is 32.1. The SMILES string of the molecule is O=C(CCC1CCNCC1)NCc1cscn1. The van der Waals surface area contributed by atoms with Crippen LogP contribution >= 0.6 is 11.3 Å². The van der Waals surface area contributed by atoms with Gasteiger partial charge in [-0.15, -0.1) is 11.3 Å². The number of piperidine rings is 1. The molecule has 0 aromatic carbocycles. The first-order valence-corrected chi connectivity index (χ1v) is 7.13. The number of rotatable bonds is 5. The highest BCUT2D eigenvalue weighted by Crippen LogP contribution is 2.17. The van der Waals surface area contributed by atoms with Crippen LogP contribution in [0.15, 0.2) is 10.9 Å². The Kier molecular flexibility index (Phi) is 4.94. The predicted molar refractivity (Wildman–Crippen MR) is 68.8 cm³/mol. The van der Waals surface area contributed by atoms with Crippen LogP contribution in [0.25, 0.3) is 0 Å². The topological polar surface area (TPSA) is 54.0 Å². The summed E-state index contributed by atoms with van der Waals surface area (Å²) in [5.41, 5.74) is 2.74. The summed E-state index contributed by atoms with van der Waals surface area (Å²) < 4.78 is 0. The summed E-state index contributed by atoms with van der Waals surface area (Å²) in [5, 5.41) is 8.22. The van der Waals surface area contributed by atoms with Crippen molar-refractivity contribution in [3.63, 3.8) is 0 Å². The molecule has 0 spiro atoms. The zero-order valence-electron chi connectivity index (χ0n) is 9.95. The number of nitrogens with zero attached hydrogens (tertiary/aromatic N) is 1. The molecule has 5 heteroatoms. The Morgan fingerprint density at radius 1 is 1.53 bits per heavy atom. The number of hydrogen-bond acceptors (Lipinski definition) is 4. The summed E-state index contributed by atoms with van der Waals surface area (Å²) >= 11 is 1.56. The molecule has 0 saturated carbocycles. The molecule has 1 aromatic rings. The third-order valence-electron chi connectivity index (χ3n) is 3.19. The predicted octanol–water partition coefficient (Wildman–Crippen LogP) is 1.54. The molecule has 0 bridgehead atoms. The molecule has 1 aromatic heterocycles. The van der Waals surface area contributed by atoms with E-state index in [1.807, 2.05) is 5.38 Å². The van der Waals surface area contributed by atoms with Crippen LogP contribution < -0.4 is 10.6 Å². The molecule has 2 rings (SSSR count). The fourth-order valence-corrected chi connectivity index (χ4v) is 2.67. The molecule has 94 valence electrons. The van der Waals surface area contributed by atoms with E-state index in [0.29, 0.717) is 13.0 Å². The summed E-state index contributed by atoms with van der Waals surface area (Å²) in [5.74, 6) is 0.873. The Hall–Kier alpha value is -0.940. The van der Waals surface area contributed by atoms with E-state index in [4.69, 9.17) is 0 Å². The van der Waals surface area contributed by atoms with E-state index in [9.17, 15) is 4.79 Å². The van der Waals surface area contributed by atoms with Gasteiger partial charge in [0.25, 0.3) is 0 Å². The van der Waals surface area contributed by atoms with Gasteiger partial charge in [0.1, 0.15) is 0 Å². The van der Waals surface area contributed by atoms with Gasteiger partial charge in [0.2, 0.25) is 5.91 Å². The van der Waals surface area contributed by atoms with E-state index < -0.39 is 0 Å². The molecule has 17 heavy (non-hydrogen) atoms. The molecule has 0 unspecified atom stereocenters. The molecule has 1 fully saturated rings. The second-order valence-electron chi connectivity index (χ2n) is 4.49. The van der Waals surface area contributed by atoms with Gasteiger partial charge < -0.3 is 10.6 Å². The number of thiazole rings is 1. The molecule has 1 amide bonds. The first-order valence-electron chi connectivity index (χ1n) is 6.19. The van der Waals surface area contributed by atoms with Gasteiger partial charge in [0.15, 0.2) is 0 Å². The Bertz CT molecular complexity index is 334. The first-order chi connectivity index (χ1) is 8.34. The molecule has 4 nitrogen and oxygen atoms in total. The third-order valence-corrected chi connectivity index (χ3v) is 3.82. The number of nitrogens with one attached hydrogen (secondary N) is 2. The van der Waals surface area contributed by atoms with Crippen LogP contribution in [0, 0.1) is 5.92 Å². The van der Waals surface area contributed by atoms with E-state index in [1.165, 1.54) is 12.8 Å². The maximum absolute atomic E-state index is 11.6. The number of amides is 1. The average molecular weight is 253 g/mol. The van der Waals surface area contributed by atoms with Crippen LogP contribution in [0.5, 0.6) is 0 Å². The minimum absolute atomic E-state index is 0.150. The monoisotopic (exact) mass is 253 g/mol. The molecule has 0 aliphatic carbocycles. The van der Waals surface area contributed by atoms with Crippen LogP contribution in [0.3, 0.4) is 0 Å². The molecular weight excluding hydrogens is 234 g/mol. The van der Waals surface area contributed by atoms with Crippen molar-refractivity contribution in [3.8, 4) is 0 Å². The third kappa shape index (κ3) is 4.44. The fourth-order valence-electron chi connectivity index (χ4n) is 2.11. The van der Waals surface area contributed by atoms with Crippen LogP contribution in [0.1, 0.15) is 31.4 Å². The summed E-state index contributed by atoms with van der Waals surface area (Å²) in [6, 6.07) is 0.